The molecule has 0 aromatic heterocycles. The first kappa shape index (κ1) is 10.0. The van der Waals surface area contributed by atoms with Gasteiger partial charge in [-0.1, -0.05) is 30.3 Å². The van der Waals surface area contributed by atoms with Gasteiger partial charge in [0.1, 0.15) is 0 Å². The number of hydrogen-bond acceptors (Lipinski definition) is 2. The van der Waals surface area contributed by atoms with Crippen molar-refractivity contribution in [2.45, 2.75) is 19.4 Å². The van der Waals surface area contributed by atoms with Gasteiger partial charge in [0.25, 0.3) is 0 Å². The van der Waals surface area contributed by atoms with E-state index in [0.717, 1.165) is 19.0 Å². The SMILES string of the molecule is c1ccc(CN=C2CN3CCC2CC3)cc1. The summed E-state index contributed by atoms with van der Waals surface area (Å²) in [5.74, 6) is 0.786. The molecule has 2 bridgehead atoms. The monoisotopic (exact) mass is 214 g/mol. The highest BCUT2D eigenvalue weighted by Gasteiger charge is 2.30. The molecule has 0 spiro atoms. The second-order valence-electron chi connectivity index (χ2n) is 4.84. The number of benzene rings is 1. The normalized spacial score (nSPS) is 30.9. The summed E-state index contributed by atoms with van der Waals surface area (Å²) < 4.78 is 0. The van der Waals surface area contributed by atoms with Crippen molar-refractivity contribution in [3.05, 3.63) is 35.9 Å². The average molecular weight is 214 g/mol. The van der Waals surface area contributed by atoms with Gasteiger partial charge in [-0.25, -0.2) is 0 Å². The molecule has 0 radical (unpaired) electrons. The van der Waals surface area contributed by atoms with E-state index in [0.29, 0.717) is 0 Å². The van der Waals surface area contributed by atoms with Crippen LogP contribution < -0.4 is 0 Å². The van der Waals surface area contributed by atoms with Crippen LogP contribution in [0.3, 0.4) is 0 Å². The van der Waals surface area contributed by atoms with Gasteiger partial charge in [0.05, 0.1) is 6.54 Å². The molecule has 3 fully saturated rings. The maximum Gasteiger partial charge on any atom is 0.0639 e. The predicted octanol–water partition coefficient (Wildman–Crippen LogP) is 2.35. The zero-order valence-corrected chi connectivity index (χ0v) is 9.60. The minimum Gasteiger partial charge on any atom is -0.298 e. The number of rotatable bonds is 2. The Bertz CT molecular complexity index is 375. The number of fused-ring (bicyclic) bond motifs is 3. The summed E-state index contributed by atoms with van der Waals surface area (Å²) >= 11 is 0. The Hall–Kier alpha value is -1.15. The lowest BCUT2D eigenvalue weighted by Crippen LogP contribution is -2.47. The minimum atomic E-state index is 0.786. The molecule has 0 atom stereocenters. The maximum absolute atomic E-state index is 4.81. The van der Waals surface area contributed by atoms with Gasteiger partial charge in [0, 0.05) is 18.2 Å². The van der Waals surface area contributed by atoms with Crippen LogP contribution in [-0.2, 0) is 6.54 Å². The molecule has 2 nitrogen and oxygen atoms in total. The van der Waals surface area contributed by atoms with E-state index in [2.05, 4.69) is 35.2 Å². The van der Waals surface area contributed by atoms with Gasteiger partial charge in [-0.2, -0.15) is 0 Å². The number of hydrogen-bond donors (Lipinski definition) is 0. The summed E-state index contributed by atoms with van der Waals surface area (Å²) in [6, 6.07) is 10.6. The largest absolute Gasteiger partial charge is 0.298 e. The van der Waals surface area contributed by atoms with Crippen LogP contribution >= 0.6 is 0 Å². The summed E-state index contributed by atoms with van der Waals surface area (Å²) in [5, 5.41) is 0. The number of aliphatic imine (C=N–C) groups is 1. The molecule has 3 heterocycles. The molecular formula is C14H18N2. The van der Waals surface area contributed by atoms with Crippen LogP contribution in [0.15, 0.2) is 35.3 Å². The standard InChI is InChI=1S/C14H18N2/c1-2-4-12(5-3-1)10-15-14-11-16-8-6-13(14)7-9-16/h1-5,13H,6-11H2. The first-order valence-electron chi connectivity index (χ1n) is 6.21. The Morgan fingerprint density at radius 1 is 1.12 bits per heavy atom. The molecule has 4 rings (SSSR count). The fourth-order valence-electron chi connectivity index (χ4n) is 2.74. The first-order valence-corrected chi connectivity index (χ1v) is 6.21. The molecular weight excluding hydrogens is 196 g/mol. The minimum absolute atomic E-state index is 0.786. The van der Waals surface area contributed by atoms with Gasteiger partial charge >= 0.3 is 0 Å². The van der Waals surface area contributed by atoms with Gasteiger partial charge < -0.3 is 0 Å². The highest BCUT2D eigenvalue weighted by atomic mass is 15.2. The van der Waals surface area contributed by atoms with E-state index in [9.17, 15) is 0 Å². The maximum atomic E-state index is 4.81. The Labute approximate surface area is 97.0 Å². The van der Waals surface area contributed by atoms with Gasteiger partial charge in [-0.3, -0.25) is 9.89 Å². The zero-order valence-electron chi connectivity index (χ0n) is 9.60. The van der Waals surface area contributed by atoms with E-state index in [1.165, 1.54) is 37.2 Å². The molecule has 0 amide bonds. The Morgan fingerprint density at radius 2 is 1.88 bits per heavy atom. The van der Waals surface area contributed by atoms with E-state index in [4.69, 9.17) is 4.99 Å². The summed E-state index contributed by atoms with van der Waals surface area (Å²) in [6.07, 6.45) is 2.65. The molecule has 3 aliphatic heterocycles. The molecule has 0 N–H and O–H groups in total. The molecule has 84 valence electrons. The highest BCUT2D eigenvalue weighted by molar-refractivity contribution is 5.90. The van der Waals surface area contributed by atoms with Crippen molar-refractivity contribution in [3.8, 4) is 0 Å². The fourth-order valence-corrected chi connectivity index (χ4v) is 2.74. The lowest BCUT2D eigenvalue weighted by Gasteiger charge is -2.40. The van der Waals surface area contributed by atoms with Crippen molar-refractivity contribution < 1.29 is 0 Å². The third-order valence-corrected chi connectivity index (χ3v) is 3.75. The van der Waals surface area contributed by atoms with E-state index in [1.54, 1.807) is 0 Å². The van der Waals surface area contributed by atoms with Crippen molar-refractivity contribution in [3.63, 3.8) is 0 Å². The summed E-state index contributed by atoms with van der Waals surface area (Å²) in [5.41, 5.74) is 2.77. The van der Waals surface area contributed by atoms with Gasteiger partial charge in [0.15, 0.2) is 0 Å². The van der Waals surface area contributed by atoms with Crippen LogP contribution in [0.5, 0.6) is 0 Å². The van der Waals surface area contributed by atoms with Crippen molar-refractivity contribution in [1.29, 1.82) is 0 Å². The van der Waals surface area contributed by atoms with E-state index < -0.39 is 0 Å². The smallest absolute Gasteiger partial charge is 0.0639 e. The Balaban J connectivity index is 1.69. The van der Waals surface area contributed by atoms with Crippen LogP contribution in [0, 0.1) is 5.92 Å². The van der Waals surface area contributed by atoms with Crippen molar-refractivity contribution >= 4 is 5.71 Å². The molecule has 1 aromatic carbocycles. The lowest BCUT2D eigenvalue weighted by molar-refractivity contribution is 0.200. The predicted molar refractivity (Wildman–Crippen MR) is 66.7 cm³/mol. The summed E-state index contributed by atoms with van der Waals surface area (Å²) in [4.78, 5) is 7.34. The Kier molecular flexibility index (Phi) is 2.75. The van der Waals surface area contributed by atoms with Crippen LogP contribution in [0.1, 0.15) is 18.4 Å². The molecule has 3 saturated heterocycles. The quantitative estimate of drug-likeness (QED) is 0.738. The van der Waals surface area contributed by atoms with E-state index in [-0.39, 0.29) is 0 Å². The summed E-state index contributed by atoms with van der Waals surface area (Å²) in [7, 11) is 0. The molecule has 2 heteroatoms. The number of nitrogens with zero attached hydrogens (tertiary/aromatic N) is 2. The highest BCUT2D eigenvalue weighted by Crippen LogP contribution is 2.25. The van der Waals surface area contributed by atoms with Crippen LogP contribution in [0.4, 0.5) is 0 Å². The lowest BCUT2D eigenvalue weighted by atomic mass is 9.86. The third kappa shape index (κ3) is 2.03. The van der Waals surface area contributed by atoms with Gasteiger partial charge in [0.2, 0.25) is 0 Å². The van der Waals surface area contributed by atoms with Crippen LogP contribution in [-0.4, -0.2) is 30.2 Å². The fraction of sp³-hybridized carbons (Fsp3) is 0.500. The van der Waals surface area contributed by atoms with Gasteiger partial charge in [-0.15, -0.1) is 0 Å². The van der Waals surface area contributed by atoms with Crippen molar-refractivity contribution in [1.82, 2.24) is 4.90 Å². The third-order valence-electron chi connectivity index (χ3n) is 3.75. The zero-order chi connectivity index (χ0) is 10.8. The van der Waals surface area contributed by atoms with Gasteiger partial charge in [-0.05, 0) is 31.5 Å². The van der Waals surface area contributed by atoms with Crippen LogP contribution in [0.2, 0.25) is 0 Å². The summed E-state index contributed by atoms with van der Waals surface area (Å²) in [6.45, 7) is 4.56. The second-order valence-corrected chi connectivity index (χ2v) is 4.84. The first-order chi connectivity index (χ1) is 7.92. The van der Waals surface area contributed by atoms with Crippen molar-refractivity contribution in [2.75, 3.05) is 19.6 Å². The topological polar surface area (TPSA) is 15.6 Å². The van der Waals surface area contributed by atoms with Crippen LogP contribution in [0.25, 0.3) is 0 Å². The molecule has 1 aromatic rings. The second kappa shape index (κ2) is 4.38. The molecule has 0 aliphatic carbocycles. The molecule has 16 heavy (non-hydrogen) atoms. The molecule has 0 saturated carbocycles. The molecule has 3 aliphatic rings. The van der Waals surface area contributed by atoms with E-state index >= 15 is 0 Å². The van der Waals surface area contributed by atoms with Crippen molar-refractivity contribution in [2.24, 2.45) is 10.9 Å². The Morgan fingerprint density at radius 3 is 2.50 bits per heavy atom. The average Bonchev–Trinajstić information content (AvgIpc) is 2.39. The molecule has 0 unspecified atom stereocenters. The number of piperidine rings is 3. The van der Waals surface area contributed by atoms with E-state index in [1.807, 2.05) is 0 Å².